The number of halogens is 1. The van der Waals surface area contributed by atoms with E-state index in [1.807, 2.05) is 0 Å². The van der Waals surface area contributed by atoms with Crippen LogP contribution in [0.4, 0.5) is 5.69 Å². The largest absolute Gasteiger partial charge is 0.483 e. The van der Waals surface area contributed by atoms with E-state index >= 15 is 0 Å². The Hall–Kier alpha value is -1.14. The second-order valence-electron chi connectivity index (χ2n) is 4.81. The van der Waals surface area contributed by atoms with Gasteiger partial charge >= 0.3 is 5.69 Å². The van der Waals surface area contributed by atoms with E-state index in [4.69, 9.17) is 10.5 Å². The maximum atomic E-state index is 11.0. The van der Waals surface area contributed by atoms with E-state index in [9.17, 15) is 10.1 Å². The van der Waals surface area contributed by atoms with Crippen molar-refractivity contribution in [2.45, 2.75) is 31.8 Å². The fraction of sp³-hybridized carbons (Fsp3) is 0.538. The lowest BCUT2D eigenvalue weighted by molar-refractivity contribution is -0.386. The summed E-state index contributed by atoms with van der Waals surface area (Å²) in [7, 11) is 0. The van der Waals surface area contributed by atoms with Crippen LogP contribution < -0.4 is 10.5 Å². The first kappa shape index (κ1) is 14.3. The Morgan fingerprint density at radius 1 is 1.42 bits per heavy atom. The van der Waals surface area contributed by atoms with Crippen molar-refractivity contribution >= 4 is 21.6 Å². The van der Waals surface area contributed by atoms with Gasteiger partial charge in [-0.1, -0.05) is 22.4 Å². The zero-order valence-corrected chi connectivity index (χ0v) is 12.1. The molecule has 1 aliphatic rings. The van der Waals surface area contributed by atoms with Gasteiger partial charge in [0, 0.05) is 22.5 Å². The van der Waals surface area contributed by atoms with Crippen molar-refractivity contribution in [1.82, 2.24) is 0 Å². The maximum Gasteiger partial charge on any atom is 0.311 e. The molecular formula is C13H17BrN2O3. The quantitative estimate of drug-likeness (QED) is 0.679. The van der Waals surface area contributed by atoms with Gasteiger partial charge in [0.15, 0.2) is 5.75 Å². The first-order chi connectivity index (χ1) is 9.11. The monoisotopic (exact) mass is 328 g/mol. The van der Waals surface area contributed by atoms with Crippen molar-refractivity contribution in [3.63, 3.8) is 0 Å². The predicted molar refractivity (Wildman–Crippen MR) is 76.2 cm³/mol. The molecule has 0 aliphatic heterocycles. The van der Waals surface area contributed by atoms with Crippen molar-refractivity contribution in [1.29, 1.82) is 0 Å². The molecule has 0 spiro atoms. The number of benzene rings is 1. The predicted octanol–water partition coefficient (Wildman–Crippen LogP) is 3.25. The lowest BCUT2D eigenvalue weighted by atomic mass is 9.86. The third-order valence-electron chi connectivity index (χ3n) is 3.54. The fourth-order valence-corrected chi connectivity index (χ4v) is 2.83. The Balaban J connectivity index is 2.21. The highest BCUT2D eigenvalue weighted by Gasteiger charge is 2.28. The summed E-state index contributed by atoms with van der Waals surface area (Å²) >= 11 is 3.32. The number of rotatable bonds is 4. The Kier molecular flexibility index (Phi) is 4.76. The summed E-state index contributed by atoms with van der Waals surface area (Å²) in [4.78, 5) is 10.6. The van der Waals surface area contributed by atoms with Crippen LogP contribution in [0.25, 0.3) is 0 Å². The van der Waals surface area contributed by atoms with Crippen molar-refractivity contribution in [2.24, 2.45) is 11.7 Å². The second kappa shape index (κ2) is 6.34. The molecule has 0 bridgehead atoms. The van der Waals surface area contributed by atoms with E-state index in [2.05, 4.69) is 15.9 Å². The van der Waals surface area contributed by atoms with Crippen LogP contribution in [0, 0.1) is 16.0 Å². The first-order valence-electron chi connectivity index (χ1n) is 6.42. The Morgan fingerprint density at radius 3 is 2.84 bits per heavy atom. The molecule has 6 heteroatoms. The third kappa shape index (κ3) is 3.45. The Labute approximate surface area is 120 Å². The minimum absolute atomic E-state index is 0.00421. The standard InChI is InChI=1S/C13H17BrN2O3/c14-10-5-6-11(16(17)18)13(7-10)19-12-4-2-1-3-9(12)8-15/h5-7,9,12H,1-4,8,15H2. The van der Waals surface area contributed by atoms with Crippen LogP contribution in [0.1, 0.15) is 25.7 Å². The minimum Gasteiger partial charge on any atom is -0.483 e. The van der Waals surface area contributed by atoms with Gasteiger partial charge in [0.1, 0.15) is 6.10 Å². The van der Waals surface area contributed by atoms with Gasteiger partial charge in [0.25, 0.3) is 0 Å². The molecule has 0 saturated heterocycles. The molecule has 1 aromatic rings. The van der Waals surface area contributed by atoms with Crippen LogP contribution in [0.2, 0.25) is 0 Å². The lowest BCUT2D eigenvalue weighted by Gasteiger charge is -2.30. The number of hydrogen-bond donors (Lipinski definition) is 1. The summed E-state index contributed by atoms with van der Waals surface area (Å²) in [5.41, 5.74) is 5.76. The van der Waals surface area contributed by atoms with Gasteiger partial charge in [-0.3, -0.25) is 10.1 Å². The highest BCUT2D eigenvalue weighted by Crippen LogP contribution is 2.34. The van der Waals surface area contributed by atoms with E-state index in [1.54, 1.807) is 12.1 Å². The Morgan fingerprint density at radius 2 is 2.16 bits per heavy atom. The second-order valence-corrected chi connectivity index (χ2v) is 5.72. The number of ether oxygens (including phenoxy) is 1. The van der Waals surface area contributed by atoms with Crippen LogP contribution in [0.5, 0.6) is 5.75 Å². The van der Waals surface area contributed by atoms with Gasteiger partial charge in [0.2, 0.25) is 0 Å². The first-order valence-corrected chi connectivity index (χ1v) is 7.21. The molecule has 1 fully saturated rings. The molecule has 2 atom stereocenters. The average Bonchev–Trinajstić information content (AvgIpc) is 2.39. The molecule has 0 aromatic heterocycles. The summed E-state index contributed by atoms with van der Waals surface area (Å²) in [5.74, 6) is 0.608. The minimum atomic E-state index is -0.415. The zero-order chi connectivity index (χ0) is 13.8. The van der Waals surface area contributed by atoms with E-state index in [-0.39, 0.29) is 17.7 Å². The number of hydrogen-bond acceptors (Lipinski definition) is 4. The molecule has 5 nitrogen and oxygen atoms in total. The SMILES string of the molecule is NCC1CCCCC1Oc1cc(Br)ccc1[N+](=O)[O-]. The lowest BCUT2D eigenvalue weighted by Crippen LogP contribution is -2.35. The summed E-state index contributed by atoms with van der Waals surface area (Å²) in [5, 5.41) is 11.0. The van der Waals surface area contributed by atoms with E-state index in [1.165, 1.54) is 6.07 Å². The fourth-order valence-electron chi connectivity index (χ4n) is 2.49. The molecule has 19 heavy (non-hydrogen) atoms. The molecule has 2 unspecified atom stereocenters. The summed E-state index contributed by atoms with van der Waals surface area (Å²) in [6, 6.07) is 4.76. The van der Waals surface area contributed by atoms with Gasteiger partial charge in [0.05, 0.1) is 4.92 Å². The van der Waals surface area contributed by atoms with E-state index in [0.717, 1.165) is 30.2 Å². The zero-order valence-electron chi connectivity index (χ0n) is 10.5. The van der Waals surface area contributed by atoms with Crippen LogP contribution >= 0.6 is 15.9 Å². The highest BCUT2D eigenvalue weighted by molar-refractivity contribution is 9.10. The van der Waals surface area contributed by atoms with Gasteiger partial charge in [-0.25, -0.2) is 0 Å². The Bertz CT molecular complexity index is 467. The van der Waals surface area contributed by atoms with Crippen LogP contribution in [0.3, 0.4) is 0 Å². The van der Waals surface area contributed by atoms with Crippen LogP contribution in [0.15, 0.2) is 22.7 Å². The number of nitro benzene ring substituents is 1. The molecule has 1 saturated carbocycles. The molecule has 1 aromatic carbocycles. The van der Waals surface area contributed by atoms with Crippen molar-refractivity contribution < 1.29 is 9.66 Å². The number of nitrogens with two attached hydrogens (primary N) is 1. The summed E-state index contributed by atoms with van der Waals surface area (Å²) in [6.07, 6.45) is 4.16. The summed E-state index contributed by atoms with van der Waals surface area (Å²) < 4.78 is 6.65. The van der Waals surface area contributed by atoms with Gasteiger partial charge in [-0.2, -0.15) is 0 Å². The average molecular weight is 329 g/mol. The normalized spacial score (nSPS) is 23.1. The third-order valence-corrected chi connectivity index (χ3v) is 4.03. The van der Waals surface area contributed by atoms with Gasteiger partial charge in [-0.15, -0.1) is 0 Å². The van der Waals surface area contributed by atoms with E-state index < -0.39 is 4.92 Å². The maximum absolute atomic E-state index is 11.0. The molecule has 0 radical (unpaired) electrons. The topological polar surface area (TPSA) is 78.4 Å². The smallest absolute Gasteiger partial charge is 0.311 e. The molecule has 2 N–H and O–H groups in total. The molecule has 1 aliphatic carbocycles. The number of nitro groups is 1. The highest BCUT2D eigenvalue weighted by atomic mass is 79.9. The van der Waals surface area contributed by atoms with Crippen molar-refractivity contribution in [2.75, 3.05) is 6.54 Å². The molecule has 0 heterocycles. The van der Waals surface area contributed by atoms with Crippen molar-refractivity contribution in [3.8, 4) is 5.75 Å². The van der Waals surface area contributed by atoms with Crippen LogP contribution in [-0.4, -0.2) is 17.6 Å². The van der Waals surface area contributed by atoms with E-state index in [0.29, 0.717) is 12.3 Å². The van der Waals surface area contributed by atoms with Gasteiger partial charge < -0.3 is 10.5 Å². The molecule has 0 amide bonds. The molecular weight excluding hydrogens is 312 g/mol. The van der Waals surface area contributed by atoms with Crippen molar-refractivity contribution in [3.05, 3.63) is 32.8 Å². The number of nitrogens with zero attached hydrogens (tertiary/aromatic N) is 1. The van der Waals surface area contributed by atoms with Crippen LogP contribution in [-0.2, 0) is 0 Å². The van der Waals surface area contributed by atoms with Gasteiger partial charge in [-0.05, 0) is 31.9 Å². The molecule has 2 rings (SSSR count). The molecule has 104 valence electrons. The summed E-state index contributed by atoms with van der Waals surface area (Å²) in [6.45, 7) is 0.562.